The number of rotatable bonds is 2. The molecule has 0 bridgehead atoms. The Kier molecular flexibility index (Phi) is 4.93. The van der Waals surface area contributed by atoms with E-state index in [2.05, 4.69) is 10.2 Å². The second-order valence-electron chi connectivity index (χ2n) is 9.51. The van der Waals surface area contributed by atoms with Crippen molar-refractivity contribution in [2.75, 3.05) is 24.5 Å². The van der Waals surface area contributed by atoms with Gasteiger partial charge in [-0.3, -0.25) is 9.59 Å². The van der Waals surface area contributed by atoms with Crippen molar-refractivity contribution in [2.45, 2.75) is 50.5 Å². The van der Waals surface area contributed by atoms with Crippen LogP contribution in [-0.4, -0.2) is 46.9 Å². The lowest BCUT2D eigenvalue weighted by Crippen LogP contribution is -2.63. The van der Waals surface area contributed by atoms with Crippen LogP contribution < -0.4 is 10.2 Å². The van der Waals surface area contributed by atoms with E-state index in [1.807, 2.05) is 12.1 Å². The molecular formula is C24H26ClFN4O2. The van der Waals surface area contributed by atoms with Crippen LogP contribution in [0.2, 0.25) is 5.02 Å². The summed E-state index contributed by atoms with van der Waals surface area (Å²) < 4.78 is 14.2. The molecule has 168 valence electrons. The van der Waals surface area contributed by atoms with E-state index in [0.29, 0.717) is 25.3 Å². The Morgan fingerprint density at radius 1 is 1.19 bits per heavy atom. The van der Waals surface area contributed by atoms with Gasteiger partial charge in [-0.1, -0.05) is 24.4 Å². The molecule has 0 atom stereocenters. The van der Waals surface area contributed by atoms with Crippen LogP contribution in [0.25, 0.3) is 0 Å². The van der Waals surface area contributed by atoms with Crippen LogP contribution in [0.3, 0.4) is 0 Å². The number of benzene rings is 1. The summed E-state index contributed by atoms with van der Waals surface area (Å²) in [6, 6.07) is 8.47. The Balaban J connectivity index is 1.55. The van der Waals surface area contributed by atoms with Crippen molar-refractivity contribution < 1.29 is 14.0 Å². The largest absolute Gasteiger partial charge is 0.352 e. The first-order valence-corrected chi connectivity index (χ1v) is 11.5. The Labute approximate surface area is 191 Å². The summed E-state index contributed by atoms with van der Waals surface area (Å²) in [5.41, 5.74) is 1.79. The molecule has 32 heavy (non-hydrogen) atoms. The van der Waals surface area contributed by atoms with Crippen LogP contribution >= 0.6 is 11.6 Å². The lowest BCUT2D eigenvalue weighted by Gasteiger charge is -2.41. The molecule has 1 saturated heterocycles. The van der Waals surface area contributed by atoms with Gasteiger partial charge < -0.3 is 15.1 Å². The quantitative estimate of drug-likeness (QED) is 0.736. The fourth-order valence-electron chi connectivity index (χ4n) is 5.37. The van der Waals surface area contributed by atoms with Crippen molar-refractivity contribution in [1.29, 1.82) is 0 Å². The summed E-state index contributed by atoms with van der Waals surface area (Å²) in [6.45, 7) is 5.08. The molecule has 2 aromatic rings. The Morgan fingerprint density at radius 2 is 1.94 bits per heavy atom. The minimum absolute atomic E-state index is 0.0935. The van der Waals surface area contributed by atoms with Crippen molar-refractivity contribution in [3.8, 4) is 0 Å². The summed E-state index contributed by atoms with van der Waals surface area (Å²) >= 11 is 5.89. The highest BCUT2D eigenvalue weighted by Crippen LogP contribution is 2.52. The molecular weight excluding hydrogens is 431 g/mol. The first-order chi connectivity index (χ1) is 15.2. The van der Waals surface area contributed by atoms with E-state index < -0.39 is 11.4 Å². The number of pyridine rings is 1. The maximum Gasteiger partial charge on any atom is 0.273 e. The van der Waals surface area contributed by atoms with E-state index >= 15 is 0 Å². The molecule has 0 radical (unpaired) electrons. The highest BCUT2D eigenvalue weighted by molar-refractivity contribution is 6.30. The predicted octanol–water partition coefficient (Wildman–Crippen LogP) is 4.19. The van der Waals surface area contributed by atoms with Gasteiger partial charge in [0.25, 0.3) is 5.91 Å². The zero-order chi connectivity index (χ0) is 22.7. The zero-order valence-electron chi connectivity index (χ0n) is 18.3. The predicted molar refractivity (Wildman–Crippen MR) is 121 cm³/mol. The van der Waals surface area contributed by atoms with Gasteiger partial charge in [0.1, 0.15) is 17.1 Å². The number of anilines is 2. The van der Waals surface area contributed by atoms with Crippen LogP contribution in [0.1, 0.15) is 55.7 Å². The maximum atomic E-state index is 14.2. The summed E-state index contributed by atoms with van der Waals surface area (Å²) in [4.78, 5) is 34.3. The Morgan fingerprint density at radius 3 is 2.66 bits per heavy atom. The highest BCUT2D eigenvalue weighted by Gasteiger charge is 2.47. The smallest absolute Gasteiger partial charge is 0.273 e. The highest BCUT2D eigenvalue weighted by atomic mass is 35.5. The second-order valence-corrected chi connectivity index (χ2v) is 9.92. The summed E-state index contributed by atoms with van der Waals surface area (Å²) in [7, 11) is 0. The average molecular weight is 457 g/mol. The van der Waals surface area contributed by atoms with Gasteiger partial charge in [0.05, 0.1) is 16.4 Å². The number of carbonyl (C=O) groups is 2. The molecule has 1 saturated carbocycles. The number of nitrogens with zero attached hydrogens (tertiary/aromatic N) is 3. The molecule has 1 spiro atoms. The first-order valence-electron chi connectivity index (χ1n) is 11.1. The van der Waals surface area contributed by atoms with Crippen LogP contribution in [0.5, 0.6) is 0 Å². The molecule has 1 aromatic carbocycles. The van der Waals surface area contributed by atoms with Crippen molar-refractivity contribution >= 4 is 34.8 Å². The van der Waals surface area contributed by atoms with E-state index in [-0.39, 0.29) is 22.3 Å². The number of amides is 2. The van der Waals surface area contributed by atoms with E-state index in [0.717, 1.165) is 42.8 Å². The molecule has 8 heteroatoms. The van der Waals surface area contributed by atoms with Crippen LogP contribution in [0, 0.1) is 5.82 Å². The average Bonchev–Trinajstić information content (AvgIpc) is 3.37. The van der Waals surface area contributed by atoms with E-state index in [1.54, 1.807) is 30.9 Å². The van der Waals surface area contributed by atoms with Crippen molar-refractivity contribution in [3.63, 3.8) is 0 Å². The third kappa shape index (κ3) is 3.17. The number of halogens is 2. The number of hydrogen-bond donors (Lipinski definition) is 1. The number of piperazine rings is 1. The Bertz CT molecular complexity index is 1110. The van der Waals surface area contributed by atoms with E-state index in [4.69, 9.17) is 16.6 Å². The number of aromatic nitrogens is 1. The molecule has 2 aliphatic heterocycles. The van der Waals surface area contributed by atoms with Gasteiger partial charge >= 0.3 is 0 Å². The number of hydrogen-bond acceptors (Lipinski definition) is 4. The van der Waals surface area contributed by atoms with Crippen molar-refractivity contribution in [1.82, 2.24) is 15.2 Å². The van der Waals surface area contributed by atoms with Crippen molar-refractivity contribution in [2.24, 2.45) is 0 Å². The van der Waals surface area contributed by atoms with Gasteiger partial charge in [-0.15, -0.1) is 0 Å². The minimum Gasteiger partial charge on any atom is -0.352 e. The van der Waals surface area contributed by atoms with Gasteiger partial charge in [-0.25, -0.2) is 9.37 Å². The summed E-state index contributed by atoms with van der Waals surface area (Å²) in [5, 5.41) is 2.92. The molecule has 2 fully saturated rings. The second kappa shape index (κ2) is 7.44. The summed E-state index contributed by atoms with van der Waals surface area (Å²) in [5.74, 6) is -0.860. The van der Waals surface area contributed by atoms with E-state index in [1.165, 1.54) is 6.07 Å². The Hall–Kier alpha value is -2.67. The van der Waals surface area contributed by atoms with Gasteiger partial charge in [0.15, 0.2) is 0 Å². The lowest BCUT2D eigenvalue weighted by atomic mass is 9.84. The molecule has 2 amide bonds. The van der Waals surface area contributed by atoms with Gasteiger partial charge in [0, 0.05) is 30.7 Å². The SMILES string of the molecule is CC1(C)C(=O)NCCN1C(=O)c1ccc2c(n1)C1(CCCC1)CN2c1ccc(Cl)c(F)c1. The zero-order valence-corrected chi connectivity index (χ0v) is 19.0. The van der Waals surface area contributed by atoms with Crippen molar-refractivity contribution in [3.05, 3.63) is 52.6 Å². The van der Waals surface area contributed by atoms with Crippen LogP contribution in [-0.2, 0) is 10.2 Å². The van der Waals surface area contributed by atoms with Gasteiger partial charge in [0.2, 0.25) is 5.91 Å². The standard InChI is InChI=1S/C24H26ClFN4O2/c1-23(2)22(32)27-11-12-30(23)21(31)18-7-8-19-20(28-18)24(9-3-4-10-24)14-29(19)15-5-6-16(25)17(26)13-15/h5-8,13H,3-4,9-12,14H2,1-2H3,(H,27,32). The third-order valence-corrected chi connectivity index (χ3v) is 7.53. The fourth-order valence-corrected chi connectivity index (χ4v) is 5.48. The molecule has 0 unspecified atom stereocenters. The molecule has 1 N–H and O–H groups in total. The van der Waals surface area contributed by atoms with Gasteiger partial charge in [-0.2, -0.15) is 0 Å². The maximum absolute atomic E-state index is 14.2. The molecule has 1 aromatic heterocycles. The number of fused-ring (bicyclic) bond motifs is 2. The first kappa shape index (κ1) is 21.2. The van der Waals surface area contributed by atoms with Crippen LogP contribution in [0.15, 0.2) is 30.3 Å². The minimum atomic E-state index is -0.937. The van der Waals surface area contributed by atoms with E-state index in [9.17, 15) is 14.0 Å². The fraction of sp³-hybridized carbons (Fsp3) is 0.458. The molecule has 6 nitrogen and oxygen atoms in total. The number of nitrogens with one attached hydrogen (secondary N) is 1. The molecule has 5 rings (SSSR count). The molecule has 3 heterocycles. The monoisotopic (exact) mass is 456 g/mol. The molecule has 1 aliphatic carbocycles. The topological polar surface area (TPSA) is 65.5 Å². The summed E-state index contributed by atoms with van der Waals surface area (Å²) in [6.07, 6.45) is 4.16. The number of carbonyl (C=O) groups excluding carboxylic acids is 2. The molecule has 3 aliphatic rings. The van der Waals surface area contributed by atoms with Gasteiger partial charge in [-0.05, 0) is 57.0 Å². The third-order valence-electron chi connectivity index (χ3n) is 7.22. The van der Waals surface area contributed by atoms with Crippen LogP contribution in [0.4, 0.5) is 15.8 Å². The normalized spacial score (nSPS) is 21.1. The lowest BCUT2D eigenvalue weighted by molar-refractivity contribution is -0.133.